The predicted molar refractivity (Wildman–Crippen MR) is 102 cm³/mol. The number of phenolic OH excluding ortho intramolecular Hbond substituents is 2. The van der Waals surface area contributed by atoms with Crippen LogP contribution in [-0.4, -0.2) is 10.2 Å². The molecule has 0 aromatic heterocycles. The molecular weight excluding hydrogens is 284 g/mol. The van der Waals surface area contributed by atoms with E-state index in [2.05, 4.69) is 13.8 Å². The molecule has 0 aliphatic carbocycles. The summed E-state index contributed by atoms with van der Waals surface area (Å²) in [4.78, 5) is 0. The third-order valence-electron chi connectivity index (χ3n) is 3.18. The van der Waals surface area contributed by atoms with Gasteiger partial charge in [-0.25, -0.2) is 0 Å². The van der Waals surface area contributed by atoms with E-state index in [1.165, 1.54) is 0 Å². The number of phenols is 2. The number of rotatable bonds is 2. The molecule has 0 amide bonds. The Morgan fingerprint density at radius 1 is 0.522 bits per heavy atom. The molecule has 0 heterocycles. The molecule has 2 rings (SSSR count). The standard InChI is InChI=1S/C15H16O2.3C2H6/c1-15(2,11-3-7-13(16)8-4-11)12-5-9-14(17)10-6-12;3*1-2/h3-10,16-17H,1-2H3;3*1-2H3. The summed E-state index contributed by atoms with van der Waals surface area (Å²) in [5.74, 6) is 0.547. The average Bonchev–Trinajstić information content (AvgIpc) is 2.61. The van der Waals surface area contributed by atoms with Crippen LogP contribution in [-0.2, 0) is 5.41 Å². The zero-order valence-electron chi connectivity index (χ0n) is 16.0. The van der Waals surface area contributed by atoms with Crippen LogP contribution in [0.2, 0.25) is 0 Å². The van der Waals surface area contributed by atoms with Crippen molar-refractivity contribution >= 4 is 0 Å². The van der Waals surface area contributed by atoms with Gasteiger partial charge in [0.25, 0.3) is 0 Å². The van der Waals surface area contributed by atoms with Gasteiger partial charge in [0.05, 0.1) is 0 Å². The van der Waals surface area contributed by atoms with Gasteiger partial charge in [-0.1, -0.05) is 79.7 Å². The van der Waals surface area contributed by atoms with Crippen molar-refractivity contribution in [3.05, 3.63) is 59.7 Å². The Morgan fingerprint density at radius 2 is 0.739 bits per heavy atom. The van der Waals surface area contributed by atoms with Gasteiger partial charge in [0.2, 0.25) is 0 Å². The molecule has 130 valence electrons. The Bertz CT molecular complexity index is 449. The molecule has 0 saturated heterocycles. The van der Waals surface area contributed by atoms with E-state index in [9.17, 15) is 10.2 Å². The summed E-state index contributed by atoms with van der Waals surface area (Å²) in [7, 11) is 0. The summed E-state index contributed by atoms with van der Waals surface area (Å²) >= 11 is 0. The van der Waals surface area contributed by atoms with E-state index in [1.807, 2.05) is 65.8 Å². The monoisotopic (exact) mass is 318 g/mol. The molecule has 2 nitrogen and oxygen atoms in total. The van der Waals surface area contributed by atoms with Crippen molar-refractivity contribution in [2.24, 2.45) is 0 Å². The highest BCUT2D eigenvalue weighted by molar-refractivity contribution is 5.41. The molecule has 0 aliphatic heterocycles. The van der Waals surface area contributed by atoms with E-state index in [1.54, 1.807) is 24.3 Å². The number of hydrogen-bond donors (Lipinski definition) is 2. The van der Waals surface area contributed by atoms with Crippen molar-refractivity contribution in [3.8, 4) is 11.5 Å². The van der Waals surface area contributed by atoms with E-state index < -0.39 is 0 Å². The van der Waals surface area contributed by atoms with Gasteiger partial charge < -0.3 is 10.2 Å². The zero-order chi connectivity index (χ0) is 18.5. The van der Waals surface area contributed by atoms with Gasteiger partial charge in [-0.3, -0.25) is 0 Å². The van der Waals surface area contributed by atoms with Crippen LogP contribution in [0.5, 0.6) is 11.5 Å². The quantitative estimate of drug-likeness (QED) is 0.663. The molecule has 0 fully saturated rings. The first-order chi connectivity index (χ1) is 11.0. The van der Waals surface area contributed by atoms with E-state index in [-0.39, 0.29) is 16.9 Å². The van der Waals surface area contributed by atoms with Gasteiger partial charge >= 0.3 is 0 Å². The SMILES string of the molecule is CC.CC.CC.CC(C)(c1ccc(O)cc1)c1ccc(O)cc1. The molecule has 0 unspecified atom stereocenters. The fourth-order valence-electron chi connectivity index (χ4n) is 1.92. The first-order valence-electron chi connectivity index (χ1n) is 8.59. The molecule has 2 N–H and O–H groups in total. The first-order valence-corrected chi connectivity index (χ1v) is 8.59. The Balaban J connectivity index is 0. The summed E-state index contributed by atoms with van der Waals surface area (Å²) < 4.78 is 0. The highest BCUT2D eigenvalue weighted by Crippen LogP contribution is 2.32. The van der Waals surface area contributed by atoms with Crippen LogP contribution >= 0.6 is 0 Å². The van der Waals surface area contributed by atoms with Crippen molar-refractivity contribution in [2.75, 3.05) is 0 Å². The van der Waals surface area contributed by atoms with E-state index in [0.717, 1.165) is 11.1 Å². The average molecular weight is 319 g/mol. The largest absolute Gasteiger partial charge is 0.508 e. The minimum atomic E-state index is -0.151. The van der Waals surface area contributed by atoms with E-state index in [4.69, 9.17) is 0 Å². The van der Waals surface area contributed by atoms with E-state index in [0.29, 0.717) is 0 Å². The minimum absolute atomic E-state index is 0.151. The fraction of sp³-hybridized carbons (Fsp3) is 0.429. The number of aromatic hydroxyl groups is 2. The lowest BCUT2D eigenvalue weighted by Gasteiger charge is -2.26. The van der Waals surface area contributed by atoms with Crippen LogP contribution in [0, 0.1) is 0 Å². The second kappa shape index (κ2) is 12.6. The van der Waals surface area contributed by atoms with Crippen molar-refractivity contribution in [1.29, 1.82) is 0 Å². The molecule has 0 radical (unpaired) electrons. The molecule has 2 heteroatoms. The smallest absolute Gasteiger partial charge is 0.115 e. The minimum Gasteiger partial charge on any atom is -0.508 e. The zero-order valence-corrected chi connectivity index (χ0v) is 16.0. The van der Waals surface area contributed by atoms with Crippen molar-refractivity contribution in [1.82, 2.24) is 0 Å². The van der Waals surface area contributed by atoms with Gasteiger partial charge in [0.1, 0.15) is 11.5 Å². The molecular formula is C21H34O2. The van der Waals surface area contributed by atoms with Crippen LogP contribution in [0.4, 0.5) is 0 Å². The predicted octanol–water partition coefficient (Wildman–Crippen LogP) is 6.50. The first kappa shape index (κ1) is 23.3. The Morgan fingerprint density at radius 3 is 0.957 bits per heavy atom. The van der Waals surface area contributed by atoms with Crippen molar-refractivity contribution < 1.29 is 10.2 Å². The Hall–Kier alpha value is -1.96. The van der Waals surface area contributed by atoms with Gasteiger partial charge in [0.15, 0.2) is 0 Å². The molecule has 0 saturated carbocycles. The molecule has 0 spiro atoms. The Labute approximate surface area is 142 Å². The Kier molecular flexibility index (Phi) is 12.7. The topological polar surface area (TPSA) is 40.5 Å². The van der Waals surface area contributed by atoms with Gasteiger partial charge in [0, 0.05) is 5.41 Å². The third kappa shape index (κ3) is 7.23. The lowest BCUT2D eigenvalue weighted by molar-refractivity contribution is 0.474. The second-order valence-electron chi connectivity index (χ2n) is 4.72. The number of hydrogen-bond acceptors (Lipinski definition) is 2. The van der Waals surface area contributed by atoms with Crippen molar-refractivity contribution in [2.45, 2.75) is 60.8 Å². The van der Waals surface area contributed by atoms with E-state index >= 15 is 0 Å². The molecule has 2 aromatic rings. The summed E-state index contributed by atoms with van der Waals surface area (Å²) in [5, 5.41) is 18.6. The highest BCUT2D eigenvalue weighted by atomic mass is 16.3. The maximum atomic E-state index is 9.30. The van der Waals surface area contributed by atoms with Crippen LogP contribution < -0.4 is 0 Å². The van der Waals surface area contributed by atoms with Gasteiger partial charge in [-0.2, -0.15) is 0 Å². The van der Waals surface area contributed by atoms with Crippen molar-refractivity contribution in [3.63, 3.8) is 0 Å². The normalized spacial score (nSPS) is 9.22. The van der Waals surface area contributed by atoms with Crippen LogP contribution in [0.15, 0.2) is 48.5 Å². The molecule has 2 aromatic carbocycles. The van der Waals surface area contributed by atoms with Crippen LogP contribution in [0.1, 0.15) is 66.5 Å². The highest BCUT2D eigenvalue weighted by Gasteiger charge is 2.22. The summed E-state index contributed by atoms with van der Waals surface area (Å²) in [6.45, 7) is 16.2. The van der Waals surface area contributed by atoms with Gasteiger partial charge in [-0.05, 0) is 35.4 Å². The fourth-order valence-corrected chi connectivity index (χ4v) is 1.92. The molecule has 0 atom stereocenters. The number of benzene rings is 2. The maximum absolute atomic E-state index is 9.30. The molecule has 0 aliphatic rings. The van der Waals surface area contributed by atoms with Gasteiger partial charge in [-0.15, -0.1) is 0 Å². The van der Waals surface area contributed by atoms with Crippen LogP contribution in [0.25, 0.3) is 0 Å². The lowest BCUT2D eigenvalue weighted by Crippen LogP contribution is -2.18. The lowest BCUT2D eigenvalue weighted by atomic mass is 9.78. The summed E-state index contributed by atoms with van der Waals surface area (Å²) in [5.41, 5.74) is 2.10. The third-order valence-corrected chi connectivity index (χ3v) is 3.18. The van der Waals surface area contributed by atoms with Crippen LogP contribution in [0.3, 0.4) is 0 Å². The molecule has 23 heavy (non-hydrogen) atoms. The molecule has 0 bridgehead atoms. The summed E-state index contributed by atoms with van der Waals surface area (Å²) in [6.07, 6.45) is 0. The maximum Gasteiger partial charge on any atom is 0.115 e. The summed E-state index contributed by atoms with van der Waals surface area (Å²) in [6, 6.07) is 14.4. The second-order valence-corrected chi connectivity index (χ2v) is 4.72.